The fourth-order valence-electron chi connectivity index (χ4n) is 3.87. The number of carbonyl (C=O) groups is 2. The fraction of sp³-hybridized carbons (Fsp3) is 0.250. The first-order valence-corrected chi connectivity index (χ1v) is 10.3. The van der Waals surface area contributed by atoms with Crippen LogP contribution in [0, 0.1) is 0 Å². The number of nitrogens with zero attached hydrogens (tertiary/aromatic N) is 1. The lowest BCUT2D eigenvalue weighted by Gasteiger charge is -2.25. The minimum absolute atomic E-state index is 0.000911. The molecule has 2 heterocycles. The van der Waals surface area contributed by atoms with Crippen LogP contribution in [0.3, 0.4) is 0 Å². The molecule has 0 bridgehead atoms. The van der Waals surface area contributed by atoms with Crippen LogP contribution < -0.4 is 10.6 Å². The molecular formula is C24H24ClN3O2. The summed E-state index contributed by atoms with van der Waals surface area (Å²) in [6.45, 7) is 6.37. The van der Waals surface area contributed by atoms with E-state index in [2.05, 4.69) is 36.0 Å². The third-order valence-electron chi connectivity index (χ3n) is 5.14. The van der Waals surface area contributed by atoms with Crippen LogP contribution in [-0.2, 0) is 21.5 Å². The van der Waals surface area contributed by atoms with Gasteiger partial charge in [0.25, 0.3) is 0 Å². The highest BCUT2D eigenvalue weighted by Crippen LogP contribution is 2.30. The Balaban J connectivity index is 1.58. The van der Waals surface area contributed by atoms with Crippen molar-refractivity contribution in [2.45, 2.75) is 39.2 Å². The van der Waals surface area contributed by atoms with E-state index >= 15 is 0 Å². The number of amides is 2. The monoisotopic (exact) mass is 421 g/mol. The standard InChI is InChI=1S/C24H24ClN3O2/c1-24(2,3)28-19(13-16-12-17(25)6-9-21(16)28)8-11-22(29)26-18-7-4-15-5-10-23(30)27-20(15)14-18/h4,6-9,11-14H,5,10H2,1-3H3,(H,26,29)(H,27,30)/b11-8+. The molecule has 3 aromatic rings. The van der Waals surface area contributed by atoms with Crippen LogP contribution in [0.5, 0.6) is 0 Å². The molecule has 0 fully saturated rings. The summed E-state index contributed by atoms with van der Waals surface area (Å²) in [5, 5.41) is 7.44. The first kappa shape index (κ1) is 20.2. The predicted octanol–water partition coefficient (Wildman–Crippen LogP) is 5.59. The molecule has 1 aliphatic rings. The van der Waals surface area contributed by atoms with Crippen LogP contribution in [0.2, 0.25) is 5.02 Å². The van der Waals surface area contributed by atoms with E-state index in [1.165, 1.54) is 6.08 Å². The average molecular weight is 422 g/mol. The summed E-state index contributed by atoms with van der Waals surface area (Å²) in [7, 11) is 0. The molecule has 154 valence electrons. The van der Waals surface area contributed by atoms with Gasteiger partial charge in [0.15, 0.2) is 0 Å². The molecule has 0 saturated heterocycles. The molecule has 2 N–H and O–H groups in total. The molecule has 0 unspecified atom stereocenters. The van der Waals surface area contributed by atoms with Crippen LogP contribution in [0.25, 0.3) is 17.0 Å². The Morgan fingerprint density at radius 2 is 1.93 bits per heavy atom. The number of hydrogen-bond donors (Lipinski definition) is 2. The van der Waals surface area contributed by atoms with Gasteiger partial charge in [0, 0.05) is 51.0 Å². The van der Waals surface area contributed by atoms with Gasteiger partial charge in [0.2, 0.25) is 11.8 Å². The Labute approximate surface area is 180 Å². The zero-order valence-corrected chi connectivity index (χ0v) is 18.0. The Hall–Kier alpha value is -3.05. The topological polar surface area (TPSA) is 63.1 Å². The van der Waals surface area contributed by atoms with Gasteiger partial charge in [-0.2, -0.15) is 0 Å². The Bertz CT molecular complexity index is 1190. The Kier molecular flexibility index (Phi) is 5.16. The van der Waals surface area contributed by atoms with E-state index in [9.17, 15) is 9.59 Å². The smallest absolute Gasteiger partial charge is 0.248 e. The first-order chi connectivity index (χ1) is 14.2. The van der Waals surface area contributed by atoms with Crippen molar-refractivity contribution >= 4 is 51.8 Å². The number of fused-ring (bicyclic) bond motifs is 2. The molecule has 1 aliphatic heterocycles. The van der Waals surface area contributed by atoms with Crippen LogP contribution >= 0.6 is 11.6 Å². The molecule has 1 aromatic heterocycles. The van der Waals surface area contributed by atoms with E-state index in [-0.39, 0.29) is 17.4 Å². The maximum Gasteiger partial charge on any atom is 0.248 e. The maximum atomic E-state index is 12.5. The zero-order valence-electron chi connectivity index (χ0n) is 17.3. The summed E-state index contributed by atoms with van der Waals surface area (Å²) in [6.07, 6.45) is 4.55. The molecular weight excluding hydrogens is 398 g/mol. The molecule has 0 atom stereocenters. The minimum Gasteiger partial charge on any atom is -0.336 e. The number of benzene rings is 2. The summed E-state index contributed by atoms with van der Waals surface area (Å²) in [5.74, 6) is -0.234. The number of aromatic nitrogens is 1. The molecule has 4 rings (SSSR count). The minimum atomic E-state index is -0.235. The lowest BCUT2D eigenvalue weighted by molar-refractivity contribution is -0.116. The van der Waals surface area contributed by atoms with Gasteiger partial charge in [0.05, 0.1) is 0 Å². The van der Waals surface area contributed by atoms with Crippen molar-refractivity contribution in [2.75, 3.05) is 10.6 Å². The van der Waals surface area contributed by atoms with Crippen molar-refractivity contribution < 1.29 is 9.59 Å². The van der Waals surface area contributed by atoms with E-state index < -0.39 is 0 Å². The van der Waals surface area contributed by atoms with Gasteiger partial charge in [-0.25, -0.2) is 0 Å². The SMILES string of the molecule is CC(C)(C)n1c(/C=C/C(=O)Nc2ccc3c(c2)NC(=O)CC3)cc2cc(Cl)ccc21. The van der Waals surface area contributed by atoms with E-state index in [1.807, 2.05) is 42.5 Å². The summed E-state index contributed by atoms with van der Waals surface area (Å²) < 4.78 is 2.19. The fourth-order valence-corrected chi connectivity index (χ4v) is 4.05. The first-order valence-electron chi connectivity index (χ1n) is 9.94. The van der Waals surface area contributed by atoms with Crippen LogP contribution in [0.1, 0.15) is 38.4 Å². The summed E-state index contributed by atoms with van der Waals surface area (Å²) in [6, 6.07) is 13.4. The quantitative estimate of drug-likeness (QED) is 0.542. The molecule has 0 saturated carbocycles. The van der Waals surface area contributed by atoms with Crippen molar-refractivity contribution in [3.63, 3.8) is 0 Å². The normalized spacial score (nSPS) is 14.1. The second-order valence-electron chi connectivity index (χ2n) is 8.52. The number of rotatable bonds is 3. The predicted molar refractivity (Wildman–Crippen MR) is 123 cm³/mol. The lowest BCUT2D eigenvalue weighted by atomic mass is 10.0. The number of aryl methyl sites for hydroxylation is 1. The van der Waals surface area contributed by atoms with Gasteiger partial charge in [-0.05, 0) is 75.2 Å². The van der Waals surface area contributed by atoms with Gasteiger partial charge in [-0.15, -0.1) is 0 Å². The van der Waals surface area contributed by atoms with Gasteiger partial charge in [0.1, 0.15) is 0 Å². The van der Waals surface area contributed by atoms with Crippen LogP contribution in [0.15, 0.2) is 48.5 Å². The second-order valence-corrected chi connectivity index (χ2v) is 8.96. The van der Waals surface area contributed by atoms with Crippen molar-refractivity contribution in [1.29, 1.82) is 0 Å². The summed E-state index contributed by atoms with van der Waals surface area (Å²) >= 11 is 6.15. The number of carbonyl (C=O) groups excluding carboxylic acids is 2. The van der Waals surface area contributed by atoms with E-state index in [0.29, 0.717) is 17.1 Å². The number of halogens is 1. The average Bonchev–Trinajstić information content (AvgIpc) is 3.04. The Morgan fingerprint density at radius 1 is 1.13 bits per heavy atom. The highest BCUT2D eigenvalue weighted by Gasteiger charge is 2.19. The number of hydrogen-bond acceptors (Lipinski definition) is 2. The van der Waals surface area contributed by atoms with Gasteiger partial charge in [-0.1, -0.05) is 17.7 Å². The molecule has 0 spiro atoms. The second kappa shape index (κ2) is 7.65. The molecule has 2 amide bonds. The van der Waals surface area contributed by atoms with Crippen molar-refractivity contribution in [3.8, 4) is 0 Å². The zero-order chi connectivity index (χ0) is 21.5. The largest absolute Gasteiger partial charge is 0.336 e. The highest BCUT2D eigenvalue weighted by atomic mass is 35.5. The number of nitrogens with one attached hydrogen (secondary N) is 2. The third kappa shape index (κ3) is 4.12. The number of anilines is 2. The van der Waals surface area contributed by atoms with Crippen molar-refractivity contribution in [2.24, 2.45) is 0 Å². The van der Waals surface area contributed by atoms with Gasteiger partial charge in [-0.3, -0.25) is 9.59 Å². The van der Waals surface area contributed by atoms with E-state index in [1.54, 1.807) is 6.07 Å². The van der Waals surface area contributed by atoms with Crippen LogP contribution in [-0.4, -0.2) is 16.4 Å². The van der Waals surface area contributed by atoms with Gasteiger partial charge < -0.3 is 15.2 Å². The Morgan fingerprint density at radius 3 is 2.70 bits per heavy atom. The molecule has 0 aliphatic carbocycles. The molecule has 2 aromatic carbocycles. The maximum absolute atomic E-state index is 12.5. The van der Waals surface area contributed by atoms with Crippen LogP contribution in [0.4, 0.5) is 11.4 Å². The van der Waals surface area contributed by atoms with Gasteiger partial charge >= 0.3 is 0 Å². The highest BCUT2D eigenvalue weighted by molar-refractivity contribution is 6.31. The van der Waals surface area contributed by atoms with Crippen molar-refractivity contribution in [1.82, 2.24) is 4.57 Å². The summed E-state index contributed by atoms with van der Waals surface area (Å²) in [5.41, 5.74) is 4.32. The molecule has 6 heteroatoms. The summed E-state index contributed by atoms with van der Waals surface area (Å²) in [4.78, 5) is 24.1. The van der Waals surface area contributed by atoms with E-state index in [4.69, 9.17) is 11.6 Å². The third-order valence-corrected chi connectivity index (χ3v) is 5.38. The van der Waals surface area contributed by atoms with E-state index in [0.717, 1.165) is 34.3 Å². The molecule has 30 heavy (non-hydrogen) atoms. The molecule has 0 radical (unpaired) electrons. The lowest BCUT2D eigenvalue weighted by Crippen LogP contribution is -2.22. The molecule has 5 nitrogen and oxygen atoms in total. The van der Waals surface area contributed by atoms with Crippen molar-refractivity contribution in [3.05, 3.63) is 64.8 Å².